The van der Waals surface area contributed by atoms with E-state index in [2.05, 4.69) is 10.6 Å². The Labute approximate surface area is 183 Å². The van der Waals surface area contributed by atoms with Crippen molar-refractivity contribution in [3.8, 4) is 0 Å². The third-order valence-electron chi connectivity index (χ3n) is 5.66. The van der Waals surface area contributed by atoms with Gasteiger partial charge in [-0.25, -0.2) is 0 Å². The summed E-state index contributed by atoms with van der Waals surface area (Å²) in [5.41, 5.74) is 4.53. The van der Waals surface area contributed by atoms with Crippen molar-refractivity contribution in [2.45, 2.75) is 20.8 Å². The predicted octanol–water partition coefficient (Wildman–Crippen LogP) is 0.707. The molecule has 7 nitrogen and oxygen atoms in total. The highest BCUT2D eigenvalue weighted by molar-refractivity contribution is 5.96. The lowest BCUT2D eigenvalue weighted by atomic mass is 10.1. The van der Waals surface area contributed by atoms with Gasteiger partial charge >= 0.3 is 0 Å². The van der Waals surface area contributed by atoms with Crippen molar-refractivity contribution in [1.82, 2.24) is 10.2 Å². The molecule has 2 aromatic rings. The molecular weight excluding hydrogens is 392 g/mol. The van der Waals surface area contributed by atoms with Crippen LogP contribution in [0, 0.1) is 20.8 Å². The van der Waals surface area contributed by atoms with E-state index >= 15 is 0 Å². The van der Waals surface area contributed by atoms with Gasteiger partial charge in [0.05, 0.1) is 32.7 Å². The summed E-state index contributed by atoms with van der Waals surface area (Å²) >= 11 is 0. The molecule has 2 aromatic carbocycles. The van der Waals surface area contributed by atoms with Crippen LogP contribution in [0.3, 0.4) is 0 Å². The highest BCUT2D eigenvalue weighted by Crippen LogP contribution is 2.18. The number of amides is 3. The highest BCUT2D eigenvalue weighted by Gasteiger charge is 2.25. The molecule has 0 aliphatic carbocycles. The summed E-state index contributed by atoms with van der Waals surface area (Å²) in [5, 5.41) is 5.73. The standard InChI is InChI=1S/C24H30N4O3/c1-17-6-4-9-20(14-17)24(31)25-15-22(30)28-12-10-27(11-13-28)16-21(29)26-23-18(2)7-5-8-19(23)3/h4-9,14H,10-13,15-16H2,1-3H3,(H,25,31)(H,26,29)/p+1. The van der Waals surface area contributed by atoms with Crippen LogP contribution in [0.25, 0.3) is 0 Å². The molecule has 0 spiro atoms. The Hall–Kier alpha value is -3.19. The van der Waals surface area contributed by atoms with Gasteiger partial charge in [0, 0.05) is 11.3 Å². The van der Waals surface area contributed by atoms with E-state index in [1.807, 2.05) is 51.1 Å². The highest BCUT2D eigenvalue weighted by atomic mass is 16.2. The molecule has 3 amide bonds. The summed E-state index contributed by atoms with van der Waals surface area (Å²) in [5.74, 6) is -0.359. The first-order valence-corrected chi connectivity index (χ1v) is 10.7. The quantitative estimate of drug-likeness (QED) is 0.640. The fraction of sp³-hybridized carbons (Fsp3) is 0.375. The summed E-state index contributed by atoms with van der Waals surface area (Å²) in [6.45, 7) is 8.81. The number of benzene rings is 2. The number of hydrogen-bond acceptors (Lipinski definition) is 3. The molecule has 3 rings (SSSR count). The van der Waals surface area contributed by atoms with Crippen LogP contribution in [0.2, 0.25) is 0 Å². The van der Waals surface area contributed by atoms with Crippen LogP contribution < -0.4 is 15.5 Å². The molecule has 0 aromatic heterocycles. The van der Waals surface area contributed by atoms with Gasteiger partial charge in [0.25, 0.3) is 11.8 Å². The van der Waals surface area contributed by atoms with E-state index in [4.69, 9.17) is 0 Å². The maximum absolute atomic E-state index is 12.5. The van der Waals surface area contributed by atoms with Gasteiger partial charge in [-0.15, -0.1) is 0 Å². The van der Waals surface area contributed by atoms with E-state index in [1.54, 1.807) is 17.0 Å². The summed E-state index contributed by atoms with van der Waals surface area (Å²) in [6, 6.07) is 13.2. The first-order chi connectivity index (χ1) is 14.8. The second-order valence-electron chi connectivity index (χ2n) is 8.17. The Morgan fingerprint density at radius 3 is 2.26 bits per heavy atom. The summed E-state index contributed by atoms with van der Waals surface area (Å²) in [6.07, 6.45) is 0. The van der Waals surface area contributed by atoms with Crippen LogP contribution in [0.4, 0.5) is 5.69 Å². The smallest absolute Gasteiger partial charge is 0.279 e. The maximum Gasteiger partial charge on any atom is 0.279 e. The number of aryl methyl sites for hydroxylation is 3. The Bertz CT molecular complexity index is 945. The lowest BCUT2D eigenvalue weighted by molar-refractivity contribution is -0.895. The Kier molecular flexibility index (Phi) is 7.41. The van der Waals surface area contributed by atoms with Crippen LogP contribution in [0.15, 0.2) is 42.5 Å². The minimum atomic E-state index is -0.246. The molecule has 0 saturated carbocycles. The Morgan fingerprint density at radius 2 is 1.61 bits per heavy atom. The molecule has 7 heteroatoms. The number of rotatable bonds is 6. The number of carbonyl (C=O) groups excluding carboxylic acids is 3. The first kappa shape index (κ1) is 22.5. The lowest BCUT2D eigenvalue weighted by Gasteiger charge is -2.32. The van der Waals surface area contributed by atoms with Crippen LogP contribution in [0.5, 0.6) is 0 Å². The minimum absolute atomic E-state index is 0.0161. The van der Waals surface area contributed by atoms with Crippen LogP contribution in [0.1, 0.15) is 27.0 Å². The molecule has 0 bridgehead atoms. The fourth-order valence-corrected chi connectivity index (χ4v) is 3.83. The zero-order chi connectivity index (χ0) is 22.4. The number of nitrogens with one attached hydrogen (secondary N) is 3. The van der Waals surface area contributed by atoms with Crippen LogP contribution in [-0.2, 0) is 9.59 Å². The Balaban J connectivity index is 1.42. The lowest BCUT2D eigenvalue weighted by Crippen LogP contribution is -3.15. The van der Waals surface area contributed by atoms with Crippen LogP contribution >= 0.6 is 0 Å². The fourth-order valence-electron chi connectivity index (χ4n) is 3.83. The molecule has 31 heavy (non-hydrogen) atoms. The maximum atomic E-state index is 12.5. The minimum Gasteiger partial charge on any atom is -0.343 e. The molecular formula is C24H31N4O3+. The Morgan fingerprint density at radius 1 is 0.968 bits per heavy atom. The van der Waals surface area contributed by atoms with Gasteiger partial charge in [-0.3, -0.25) is 14.4 Å². The van der Waals surface area contributed by atoms with Crippen molar-refractivity contribution >= 4 is 23.4 Å². The number of quaternary nitrogens is 1. The zero-order valence-electron chi connectivity index (χ0n) is 18.5. The van der Waals surface area contributed by atoms with E-state index < -0.39 is 0 Å². The van der Waals surface area contributed by atoms with Gasteiger partial charge in [-0.05, 0) is 44.0 Å². The topological polar surface area (TPSA) is 83.0 Å². The molecule has 0 atom stereocenters. The monoisotopic (exact) mass is 423 g/mol. The van der Waals surface area contributed by atoms with Gasteiger partial charge in [0.15, 0.2) is 6.54 Å². The van der Waals surface area contributed by atoms with Crippen molar-refractivity contribution in [3.05, 3.63) is 64.7 Å². The average Bonchev–Trinajstić information content (AvgIpc) is 2.75. The molecule has 1 fully saturated rings. The number of hydrogen-bond donors (Lipinski definition) is 3. The number of nitrogens with zero attached hydrogens (tertiary/aromatic N) is 1. The molecule has 3 N–H and O–H groups in total. The summed E-state index contributed by atoms with van der Waals surface area (Å²) < 4.78 is 0. The third-order valence-corrected chi connectivity index (χ3v) is 5.66. The number of carbonyl (C=O) groups is 3. The normalized spacial score (nSPS) is 14.2. The molecule has 1 heterocycles. The van der Waals surface area contributed by atoms with E-state index in [0.717, 1.165) is 27.3 Å². The summed E-state index contributed by atoms with van der Waals surface area (Å²) in [7, 11) is 0. The second kappa shape index (κ2) is 10.2. The van der Waals surface area contributed by atoms with Crippen molar-refractivity contribution in [2.24, 2.45) is 0 Å². The zero-order valence-corrected chi connectivity index (χ0v) is 18.5. The first-order valence-electron chi connectivity index (χ1n) is 10.7. The summed E-state index contributed by atoms with van der Waals surface area (Å²) in [4.78, 5) is 40.1. The third kappa shape index (κ3) is 6.15. The molecule has 0 unspecified atom stereocenters. The van der Waals surface area contributed by atoms with Gasteiger partial charge in [-0.1, -0.05) is 35.9 Å². The van der Waals surface area contributed by atoms with E-state index in [9.17, 15) is 14.4 Å². The molecule has 1 saturated heterocycles. The molecule has 1 aliphatic rings. The van der Waals surface area contributed by atoms with Gasteiger partial charge in [0.1, 0.15) is 0 Å². The molecule has 164 valence electrons. The van der Waals surface area contributed by atoms with Gasteiger partial charge in [0.2, 0.25) is 5.91 Å². The van der Waals surface area contributed by atoms with Gasteiger partial charge in [-0.2, -0.15) is 0 Å². The predicted molar refractivity (Wildman–Crippen MR) is 120 cm³/mol. The van der Waals surface area contributed by atoms with Crippen molar-refractivity contribution in [1.29, 1.82) is 0 Å². The van der Waals surface area contributed by atoms with Gasteiger partial charge < -0.3 is 20.4 Å². The van der Waals surface area contributed by atoms with E-state index in [-0.39, 0.29) is 24.3 Å². The number of para-hydroxylation sites is 1. The van der Waals surface area contributed by atoms with Crippen LogP contribution in [-0.4, -0.2) is 61.9 Å². The SMILES string of the molecule is Cc1cccc(C(=O)NCC(=O)N2CC[NH+](CC(=O)Nc3c(C)cccc3C)CC2)c1. The number of anilines is 1. The van der Waals surface area contributed by atoms with Crippen molar-refractivity contribution < 1.29 is 19.3 Å². The van der Waals surface area contributed by atoms with E-state index in [0.29, 0.717) is 38.3 Å². The largest absolute Gasteiger partial charge is 0.343 e. The average molecular weight is 424 g/mol. The molecule has 1 aliphatic heterocycles. The second-order valence-corrected chi connectivity index (χ2v) is 8.17. The van der Waals surface area contributed by atoms with E-state index in [1.165, 1.54) is 0 Å². The number of piperazine rings is 1. The molecule has 0 radical (unpaired) electrons. The van der Waals surface area contributed by atoms with Crippen molar-refractivity contribution in [3.63, 3.8) is 0 Å². The van der Waals surface area contributed by atoms with Crippen molar-refractivity contribution in [2.75, 3.05) is 44.6 Å².